The Bertz CT molecular complexity index is 746. The monoisotopic (exact) mass is 412 g/mol. The summed E-state index contributed by atoms with van der Waals surface area (Å²) >= 11 is 4.67. The number of nitro benzene ring substituents is 1. The van der Waals surface area contributed by atoms with E-state index in [-0.39, 0.29) is 17.5 Å². The summed E-state index contributed by atoms with van der Waals surface area (Å²) in [5.41, 5.74) is 0.905. The first-order valence-electron chi connectivity index (χ1n) is 6.65. The number of anilines is 2. The zero-order valence-corrected chi connectivity index (χ0v) is 14.9. The van der Waals surface area contributed by atoms with Crippen molar-refractivity contribution in [3.8, 4) is 0 Å². The molecule has 2 aromatic rings. The number of carbonyl (C=O) groups excluding carboxylic acids is 1. The van der Waals surface area contributed by atoms with Crippen molar-refractivity contribution < 1.29 is 14.5 Å². The van der Waals surface area contributed by atoms with Crippen LogP contribution in [0.15, 0.2) is 35.2 Å². The van der Waals surface area contributed by atoms with Gasteiger partial charge >= 0.3 is 0 Å². The Kier molecular flexibility index (Phi) is 6.50. The number of nitro groups is 1. The van der Waals surface area contributed by atoms with Crippen molar-refractivity contribution in [2.45, 2.75) is 5.25 Å². The van der Waals surface area contributed by atoms with Gasteiger partial charge in [0.2, 0.25) is 0 Å². The molecule has 0 aliphatic carbocycles. The van der Waals surface area contributed by atoms with Gasteiger partial charge in [-0.05, 0) is 18.4 Å². The molecule has 24 heavy (non-hydrogen) atoms. The van der Waals surface area contributed by atoms with Crippen molar-refractivity contribution in [3.63, 3.8) is 0 Å². The molecule has 0 spiro atoms. The molecule has 1 N–H and O–H groups in total. The third-order valence-corrected chi connectivity index (χ3v) is 4.55. The quantitative estimate of drug-likeness (QED) is 0.398. The molecule has 1 aromatic carbocycles. The van der Waals surface area contributed by atoms with Crippen molar-refractivity contribution in [1.29, 1.82) is 0 Å². The Balaban J connectivity index is 2.37. The number of benzene rings is 1. The third kappa shape index (κ3) is 4.42. The number of halogens is 1. The minimum absolute atomic E-state index is 0.0845. The molecule has 0 radical (unpaired) electrons. The van der Waals surface area contributed by atoms with E-state index in [0.717, 1.165) is 0 Å². The van der Waals surface area contributed by atoms with E-state index < -0.39 is 4.92 Å². The smallest absolute Gasteiger partial charge is 0.293 e. The number of nitrogens with zero attached hydrogens (tertiary/aromatic N) is 3. The van der Waals surface area contributed by atoms with E-state index in [9.17, 15) is 14.9 Å². The number of rotatable bonds is 8. The van der Waals surface area contributed by atoms with Crippen LogP contribution in [-0.2, 0) is 9.53 Å². The Hall–Kier alpha value is -2.20. The highest BCUT2D eigenvalue weighted by atomic mass is 79.9. The Morgan fingerprint density at radius 3 is 3.00 bits per heavy atom. The Labute approximate surface area is 150 Å². The molecule has 8 nitrogen and oxygen atoms in total. The minimum Gasteiger partial charge on any atom is -0.466 e. The van der Waals surface area contributed by atoms with Crippen molar-refractivity contribution in [1.82, 2.24) is 9.97 Å². The van der Waals surface area contributed by atoms with Crippen molar-refractivity contribution in [2.75, 3.05) is 18.2 Å². The van der Waals surface area contributed by atoms with Gasteiger partial charge in [-0.15, -0.1) is 0 Å². The van der Waals surface area contributed by atoms with Crippen LogP contribution in [0.5, 0.6) is 0 Å². The summed E-state index contributed by atoms with van der Waals surface area (Å²) < 4.78 is 5.43. The fourth-order valence-corrected chi connectivity index (χ4v) is 2.97. The molecule has 0 saturated carbocycles. The topological polar surface area (TPSA) is 107 Å². The van der Waals surface area contributed by atoms with Gasteiger partial charge in [-0.2, -0.15) is 11.8 Å². The average Bonchev–Trinajstić information content (AvgIpc) is 2.58. The highest BCUT2D eigenvalue weighted by molar-refractivity contribution is 9.10. The molecule has 1 aromatic heterocycles. The van der Waals surface area contributed by atoms with Gasteiger partial charge in [-0.25, -0.2) is 9.97 Å². The predicted octanol–water partition coefficient (Wildman–Crippen LogP) is 3.47. The summed E-state index contributed by atoms with van der Waals surface area (Å²) in [6, 6.07) is 4.69. The summed E-state index contributed by atoms with van der Waals surface area (Å²) in [5.74, 6) is 0.421. The lowest BCUT2D eigenvalue weighted by Crippen LogP contribution is -2.09. The summed E-state index contributed by atoms with van der Waals surface area (Å²) in [4.78, 5) is 29.3. The van der Waals surface area contributed by atoms with Gasteiger partial charge in [0.15, 0.2) is 0 Å². The summed E-state index contributed by atoms with van der Waals surface area (Å²) in [7, 11) is 0. The molecule has 1 atom stereocenters. The van der Waals surface area contributed by atoms with Gasteiger partial charge in [0.1, 0.15) is 24.4 Å². The van der Waals surface area contributed by atoms with Gasteiger partial charge in [-0.1, -0.05) is 15.9 Å². The van der Waals surface area contributed by atoms with Gasteiger partial charge in [0.25, 0.3) is 12.2 Å². The molecule has 0 saturated heterocycles. The van der Waals surface area contributed by atoms with Crippen molar-refractivity contribution in [3.05, 3.63) is 50.9 Å². The largest absolute Gasteiger partial charge is 0.466 e. The summed E-state index contributed by atoms with van der Waals surface area (Å²) in [6.07, 6.45) is 4.79. The molecule has 0 aliphatic rings. The molecule has 2 rings (SSSR count). The van der Waals surface area contributed by atoms with Gasteiger partial charge in [0, 0.05) is 22.3 Å². The highest BCUT2D eigenvalue weighted by Gasteiger charge is 2.20. The third-order valence-electron chi connectivity index (χ3n) is 3.10. The normalized spacial score (nSPS) is 11.6. The van der Waals surface area contributed by atoms with Crippen LogP contribution in [0.4, 0.5) is 17.2 Å². The number of nitrogens with one attached hydrogen (secondary N) is 1. The summed E-state index contributed by atoms with van der Waals surface area (Å²) in [6.45, 7) is 0.523. The number of carbonyl (C=O) groups is 1. The number of hydrogen-bond donors (Lipinski definition) is 1. The van der Waals surface area contributed by atoms with Crippen molar-refractivity contribution in [2.24, 2.45) is 0 Å². The number of hydrogen-bond acceptors (Lipinski definition) is 8. The molecular formula is C14H13BrN4O4S. The van der Waals surface area contributed by atoms with Crippen LogP contribution in [0.2, 0.25) is 0 Å². The number of thioether (sulfide) groups is 1. The number of aromatic nitrogens is 2. The van der Waals surface area contributed by atoms with Crippen molar-refractivity contribution >= 4 is 51.4 Å². The maximum absolute atomic E-state index is 11.2. The maximum atomic E-state index is 11.2. The van der Waals surface area contributed by atoms with Gasteiger partial charge < -0.3 is 10.1 Å². The second-order valence-corrected chi connectivity index (χ2v) is 6.48. The lowest BCUT2D eigenvalue weighted by atomic mass is 10.2. The molecule has 10 heteroatoms. The van der Waals surface area contributed by atoms with Crippen LogP contribution in [0.1, 0.15) is 10.8 Å². The molecule has 0 amide bonds. The Morgan fingerprint density at radius 1 is 1.54 bits per heavy atom. The first kappa shape index (κ1) is 18.1. The van der Waals surface area contributed by atoms with E-state index in [2.05, 4.69) is 31.2 Å². The molecule has 126 valence electrons. The average molecular weight is 413 g/mol. The van der Waals surface area contributed by atoms with Crippen LogP contribution in [0, 0.1) is 10.1 Å². The highest BCUT2D eigenvalue weighted by Crippen LogP contribution is 2.35. The van der Waals surface area contributed by atoms with Crippen LogP contribution in [0.3, 0.4) is 0 Å². The standard InChI is InChI=1S/C14H13BrN4O4S/c1-24-13(6-23-8-20)10-5-16-7-17-14(10)18-11-3-2-9(15)4-12(11)19(21)22/h2-5,7-8,13H,6H2,1H3,(H,16,17,18). The lowest BCUT2D eigenvalue weighted by Gasteiger charge is -2.17. The van der Waals surface area contributed by atoms with E-state index in [1.54, 1.807) is 18.3 Å². The van der Waals surface area contributed by atoms with E-state index in [1.165, 1.54) is 24.2 Å². The summed E-state index contributed by atoms with van der Waals surface area (Å²) in [5, 5.41) is 14.0. The second kappa shape index (κ2) is 8.60. The SMILES string of the molecule is CSC(COC=O)c1cncnc1Nc1ccc(Br)cc1[N+](=O)[O-]. The van der Waals surface area contributed by atoms with Gasteiger partial charge in [-0.3, -0.25) is 14.9 Å². The first-order chi connectivity index (χ1) is 11.6. The molecule has 0 fully saturated rings. The van der Waals surface area contributed by atoms with Crippen LogP contribution >= 0.6 is 27.7 Å². The van der Waals surface area contributed by atoms with E-state index in [1.807, 2.05) is 6.26 Å². The molecular weight excluding hydrogens is 400 g/mol. The molecule has 0 bridgehead atoms. The van der Waals surface area contributed by atoms with Crippen LogP contribution in [-0.4, -0.2) is 34.2 Å². The van der Waals surface area contributed by atoms with Crippen LogP contribution < -0.4 is 5.32 Å². The lowest BCUT2D eigenvalue weighted by molar-refractivity contribution is -0.384. The fourth-order valence-electron chi connectivity index (χ4n) is 1.98. The van der Waals surface area contributed by atoms with Crippen LogP contribution in [0.25, 0.3) is 0 Å². The van der Waals surface area contributed by atoms with E-state index >= 15 is 0 Å². The zero-order valence-electron chi connectivity index (χ0n) is 12.5. The zero-order chi connectivity index (χ0) is 17.5. The second-order valence-electron chi connectivity index (χ2n) is 4.52. The number of ether oxygens (including phenoxy) is 1. The molecule has 1 unspecified atom stereocenters. The van der Waals surface area contributed by atoms with E-state index in [4.69, 9.17) is 4.74 Å². The predicted molar refractivity (Wildman–Crippen MR) is 94.4 cm³/mol. The Morgan fingerprint density at radius 2 is 2.33 bits per heavy atom. The minimum atomic E-state index is -0.477. The first-order valence-corrected chi connectivity index (χ1v) is 8.73. The molecule has 0 aliphatic heterocycles. The van der Waals surface area contributed by atoms with Gasteiger partial charge in [0.05, 0.1) is 10.2 Å². The molecule has 1 heterocycles. The maximum Gasteiger partial charge on any atom is 0.293 e. The van der Waals surface area contributed by atoms with E-state index in [0.29, 0.717) is 28.0 Å². The fraction of sp³-hybridized carbons (Fsp3) is 0.214.